The average molecular weight is 457 g/mol. The summed E-state index contributed by atoms with van der Waals surface area (Å²) in [6, 6.07) is 10.1. The van der Waals surface area contributed by atoms with E-state index in [9.17, 15) is 21.6 Å². The highest BCUT2D eigenvalue weighted by Crippen LogP contribution is 2.40. The Balaban J connectivity index is 1.69. The summed E-state index contributed by atoms with van der Waals surface area (Å²) in [5, 5.41) is 5.13. The first-order valence-electron chi connectivity index (χ1n) is 9.17. The van der Waals surface area contributed by atoms with Gasteiger partial charge >= 0.3 is 6.18 Å². The van der Waals surface area contributed by atoms with Gasteiger partial charge < -0.3 is 10.1 Å². The van der Waals surface area contributed by atoms with Gasteiger partial charge in [-0.1, -0.05) is 18.2 Å². The fraction of sp³-hybridized carbons (Fsp3) is 0.300. The number of rotatable bonds is 5. The number of thiophene rings is 1. The first-order valence-corrected chi connectivity index (χ1v) is 11.5. The van der Waals surface area contributed by atoms with Crippen molar-refractivity contribution in [3.8, 4) is 5.75 Å². The van der Waals surface area contributed by atoms with Crippen LogP contribution in [-0.2, 0) is 16.2 Å². The number of anilines is 1. The zero-order valence-electron chi connectivity index (χ0n) is 15.9. The van der Waals surface area contributed by atoms with Crippen LogP contribution in [0.4, 0.5) is 18.9 Å². The van der Waals surface area contributed by atoms with Gasteiger partial charge in [0.15, 0.2) is 0 Å². The molecule has 1 aliphatic heterocycles. The van der Waals surface area contributed by atoms with Gasteiger partial charge in [-0.05, 0) is 31.7 Å². The third-order valence-electron chi connectivity index (χ3n) is 4.96. The maximum absolute atomic E-state index is 13.5. The Bertz CT molecular complexity index is 1180. The lowest BCUT2D eigenvalue weighted by molar-refractivity contribution is -0.139. The molecule has 2 N–H and O–H groups in total. The van der Waals surface area contributed by atoms with Gasteiger partial charge in [0.1, 0.15) is 16.2 Å². The van der Waals surface area contributed by atoms with Crippen LogP contribution in [0.1, 0.15) is 18.9 Å². The van der Waals surface area contributed by atoms with Gasteiger partial charge in [-0.2, -0.15) is 13.2 Å². The van der Waals surface area contributed by atoms with Crippen molar-refractivity contribution in [3.63, 3.8) is 0 Å². The van der Waals surface area contributed by atoms with Gasteiger partial charge in [0.25, 0.3) is 10.0 Å². The van der Waals surface area contributed by atoms with E-state index in [-0.39, 0.29) is 10.6 Å². The number of sulfonamides is 1. The minimum Gasteiger partial charge on any atom is -0.485 e. The molecule has 2 aromatic carbocycles. The summed E-state index contributed by atoms with van der Waals surface area (Å²) in [7, 11) is -3.99. The van der Waals surface area contributed by atoms with Crippen LogP contribution in [0.2, 0.25) is 0 Å². The van der Waals surface area contributed by atoms with E-state index in [1.165, 1.54) is 16.7 Å². The summed E-state index contributed by atoms with van der Waals surface area (Å²) < 4.78 is 75.2. The fourth-order valence-corrected chi connectivity index (χ4v) is 5.98. The molecule has 1 fully saturated rings. The monoisotopic (exact) mass is 456 g/mol. The summed E-state index contributed by atoms with van der Waals surface area (Å²) in [5.74, 6) is -0.399. The Labute approximate surface area is 175 Å². The molecule has 2 heterocycles. The number of nitrogens with one attached hydrogen (secondary N) is 2. The molecule has 1 atom stereocenters. The largest absolute Gasteiger partial charge is 0.485 e. The van der Waals surface area contributed by atoms with E-state index in [2.05, 4.69) is 10.0 Å². The number of hydrogen-bond donors (Lipinski definition) is 2. The molecule has 0 saturated carbocycles. The Morgan fingerprint density at radius 3 is 2.67 bits per heavy atom. The van der Waals surface area contributed by atoms with Crippen molar-refractivity contribution >= 4 is 37.1 Å². The van der Waals surface area contributed by atoms with Crippen molar-refractivity contribution < 1.29 is 26.3 Å². The highest BCUT2D eigenvalue weighted by atomic mass is 32.2. The van der Waals surface area contributed by atoms with Gasteiger partial charge in [-0.15, -0.1) is 11.3 Å². The molecule has 5 nitrogen and oxygen atoms in total. The lowest BCUT2D eigenvalue weighted by atomic mass is 10.1. The van der Waals surface area contributed by atoms with E-state index in [0.29, 0.717) is 24.9 Å². The minimum absolute atomic E-state index is 0.00263. The van der Waals surface area contributed by atoms with Crippen molar-refractivity contribution in [2.24, 2.45) is 0 Å². The molecule has 1 saturated heterocycles. The maximum atomic E-state index is 13.5. The number of fused-ring (bicyclic) bond motifs is 1. The minimum atomic E-state index is -4.63. The molecule has 1 aliphatic rings. The summed E-state index contributed by atoms with van der Waals surface area (Å²) in [6.45, 7) is 2.76. The number of halogens is 3. The van der Waals surface area contributed by atoms with E-state index >= 15 is 0 Å². The Kier molecular flexibility index (Phi) is 5.19. The van der Waals surface area contributed by atoms with Crippen LogP contribution in [0.3, 0.4) is 0 Å². The molecule has 0 unspecified atom stereocenters. The van der Waals surface area contributed by atoms with E-state index < -0.39 is 33.1 Å². The molecular weight excluding hydrogens is 437 g/mol. The zero-order valence-corrected chi connectivity index (χ0v) is 17.5. The van der Waals surface area contributed by atoms with Gasteiger partial charge in [0.2, 0.25) is 0 Å². The second-order valence-corrected chi connectivity index (χ2v) is 9.95. The predicted molar refractivity (Wildman–Crippen MR) is 111 cm³/mol. The topological polar surface area (TPSA) is 67.4 Å². The number of ether oxygens (including phenoxy) is 1. The van der Waals surface area contributed by atoms with Gasteiger partial charge in [0, 0.05) is 34.5 Å². The molecule has 0 spiro atoms. The van der Waals surface area contributed by atoms with E-state index in [1.54, 1.807) is 31.2 Å². The molecule has 0 radical (unpaired) electrons. The highest BCUT2D eigenvalue weighted by molar-refractivity contribution is 7.93. The molecule has 0 bridgehead atoms. The SMILES string of the molecule is C[C@@]1(Oc2cc(NS(=O)(=O)c3csc4ccccc34)ccc2C(F)(F)F)CCNC1. The molecule has 3 aromatic rings. The number of alkyl halides is 3. The third kappa shape index (κ3) is 4.12. The second-order valence-electron chi connectivity index (χ2n) is 7.39. The summed E-state index contributed by atoms with van der Waals surface area (Å²) in [5.41, 5.74) is -1.75. The standard InChI is InChI=1S/C20H19F3N2O3S2/c1-19(8-9-24-12-19)28-16-10-13(6-7-15(16)20(21,22)23)25-30(26,27)18-11-29-17-5-3-2-4-14(17)18/h2-7,10-11,24-25H,8-9,12H2,1H3/t19-/m1/s1. The van der Waals surface area contributed by atoms with Crippen molar-refractivity contribution in [1.29, 1.82) is 0 Å². The summed E-state index contributed by atoms with van der Waals surface area (Å²) >= 11 is 1.28. The highest BCUT2D eigenvalue weighted by Gasteiger charge is 2.38. The van der Waals surface area contributed by atoms with Crippen LogP contribution in [0, 0.1) is 0 Å². The molecule has 160 valence electrons. The van der Waals surface area contributed by atoms with Crippen molar-refractivity contribution in [2.75, 3.05) is 17.8 Å². The van der Waals surface area contributed by atoms with Gasteiger partial charge in [-0.3, -0.25) is 4.72 Å². The molecule has 0 aliphatic carbocycles. The van der Waals surface area contributed by atoms with Crippen LogP contribution in [0.5, 0.6) is 5.75 Å². The summed E-state index contributed by atoms with van der Waals surface area (Å²) in [4.78, 5) is 0.0809. The number of hydrogen-bond acceptors (Lipinski definition) is 5. The second kappa shape index (κ2) is 7.44. The lowest BCUT2D eigenvalue weighted by Crippen LogP contribution is -2.35. The Morgan fingerprint density at radius 1 is 1.20 bits per heavy atom. The molecule has 0 amide bonds. The zero-order chi connectivity index (χ0) is 21.6. The fourth-order valence-electron chi connectivity index (χ4n) is 3.42. The van der Waals surface area contributed by atoms with Crippen molar-refractivity contribution in [1.82, 2.24) is 5.32 Å². The normalized spacial score (nSPS) is 19.9. The van der Waals surface area contributed by atoms with Gasteiger partial charge in [0.05, 0.1) is 11.3 Å². The van der Waals surface area contributed by atoms with Crippen LogP contribution >= 0.6 is 11.3 Å². The van der Waals surface area contributed by atoms with E-state index in [0.717, 1.165) is 22.9 Å². The van der Waals surface area contributed by atoms with Gasteiger partial charge in [-0.25, -0.2) is 8.42 Å². The molecular formula is C20H19F3N2O3S2. The van der Waals surface area contributed by atoms with Crippen molar-refractivity contribution in [2.45, 2.75) is 30.0 Å². The molecule has 1 aromatic heterocycles. The van der Waals surface area contributed by atoms with E-state index in [1.807, 2.05) is 0 Å². The molecule has 4 rings (SSSR count). The maximum Gasteiger partial charge on any atom is 0.419 e. The third-order valence-corrected chi connectivity index (χ3v) is 7.49. The Morgan fingerprint density at radius 2 is 1.97 bits per heavy atom. The Hall–Kier alpha value is -2.30. The summed E-state index contributed by atoms with van der Waals surface area (Å²) in [6.07, 6.45) is -4.08. The smallest absolute Gasteiger partial charge is 0.419 e. The van der Waals surface area contributed by atoms with Crippen LogP contribution in [0.25, 0.3) is 10.1 Å². The first-order chi connectivity index (χ1) is 14.1. The number of benzene rings is 2. The lowest BCUT2D eigenvalue weighted by Gasteiger charge is -2.27. The van der Waals surface area contributed by atoms with Crippen LogP contribution in [0.15, 0.2) is 52.7 Å². The molecule has 30 heavy (non-hydrogen) atoms. The predicted octanol–water partition coefficient (Wildman–Crippen LogP) is 4.85. The first kappa shape index (κ1) is 21.0. The van der Waals surface area contributed by atoms with Crippen LogP contribution < -0.4 is 14.8 Å². The average Bonchev–Trinajstić information content (AvgIpc) is 3.27. The van der Waals surface area contributed by atoms with Crippen molar-refractivity contribution in [3.05, 3.63) is 53.4 Å². The van der Waals surface area contributed by atoms with Crippen LogP contribution in [-0.4, -0.2) is 27.1 Å². The molecule has 10 heteroatoms. The quantitative estimate of drug-likeness (QED) is 0.576. The van der Waals surface area contributed by atoms with E-state index in [4.69, 9.17) is 4.74 Å².